The van der Waals surface area contributed by atoms with Crippen LogP contribution >= 0.6 is 0 Å². The first-order valence-corrected chi connectivity index (χ1v) is 9.65. The second-order valence-corrected chi connectivity index (χ2v) is 7.45. The van der Waals surface area contributed by atoms with E-state index in [9.17, 15) is 18.0 Å². The monoisotopic (exact) mass is 369 g/mol. The quantitative estimate of drug-likeness (QED) is 0.599. The molecule has 1 aromatic carbocycles. The molecule has 1 heterocycles. The Labute approximate surface area is 147 Å². The van der Waals surface area contributed by atoms with Gasteiger partial charge in [-0.05, 0) is 37.0 Å². The van der Waals surface area contributed by atoms with Crippen molar-refractivity contribution in [2.75, 3.05) is 26.3 Å². The molecule has 0 atom stereocenters. The summed E-state index contributed by atoms with van der Waals surface area (Å²) < 4.78 is 27.5. The fraction of sp³-hybridized carbons (Fsp3) is 0.500. The molecule has 0 spiro atoms. The first-order valence-electron chi connectivity index (χ1n) is 8.10. The fourth-order valence-electron chi connectivity index (χ4n) is 2.53. The SMILES string of the molecule is NS(=O)(=O)c1ccc(CCNC(=O)CNC(=O)C2CCOCC2)cc1. The van der Waals surface area contributed by atoms with Gasteiger partial charge in [-0.25, -0.2) is 13.6 Å². The minimum absolute atomic E-state index is 0.0520. The number of nitrogens with two attached hydrogens (primary N) is 1. The zero-order chi connectivity index (χ0) is 18.3. The Morgan fingerprint density at radius 1 is 1.12 bits per heavy atom. The molecule has 1 saturated heterocycles. The molecule has 0 unspecified atom stereocenters. The Balaban J connectivity index is 1.67. The maximum atomic E-state index is 11.9. The summed E-state index contributed by atoms with van der Waals surface area (Å²) in [6, 6.07) is 6.17. The van der Waals surface area contributed by atoms with Gasteiger partial charge in [-0.3, -0.25) is 9.59 Å². The molecular weight excluding hydrogens is 346 g/mol. The molecule has 0 aliphatic carbocycles. The van der Waals surface area contributed by atoms with Crippen molar-refractivity contribution in [3.8, 4) is 0 Å². The molecule has 2 rings (SSSR count). The molecule has 0 bridgehead atoms. The van der Waals surface area contributed by atoms with E-state index >= 15 is 0 Å². The lowest BCUT2D eigenvalue weighted by Crippen LogP contribution is -2.41. The van der Waals surface area contributed by atoms with Gasteiger partial charge in [0.25, 0.3) is 0 Å². The normalized spacial score (nSPS) is 15.6. The molecule has 0 aromatic heterocycles. The maximum Gasteiger partial charge on any atom is 0.239 e. The summed E-state index contributed by atoms with van der Waals surface area (Å²) in [6.07, 6.45) is 1.91. The number of hydrogen-bond donors (Lipinski definition) is 3. The largest absolute Gasteiger partial charge is 0.381 e. The van der Waals surface area contributed by atoms with Crippen LogP contribution < -0.4 is 15.8 Å². The number of rotatable bonds is 7. The van der Waals surface area contributed by atoms with Gasteiger partial charge in [0.15, 0.2) is 0 Å². The zero-order valence-corrected chi connectivity index (χ0v) is 14.7. The van der Waals surface area contributed by atoms with Gasteiger partial charge < -0.3 is 15.4 Å². The molecule has 4 N–H and O–H groups in total. The van der Waals surface area contributed by atoms with E-state index in [2.05, 4.69) is 10.6 Å². The van der Waals surface area contributed by atoms with Crippen LogP contribution in [0.5, 0.6) is 0 Å². The lowest BCUT2D eigenvalue weighted by atomic mass is 9.99. The van der Waals surface area contributed by atoms with Gasteiger partial charge >= 0.3 is 0 Å². The number of benzene rings is 1. The first-order chi connectivity index (χ1) is 11.9. The molecule has 1 aliphatic heterocycles. The second-order valence-electron chi connectivity index (χ2n) is 5.89. The average molecular weight is 369 g/mol. The van der Waals surface area contributed by atoms with Gasteiger partial charge in [-0.1, -0.05) is 12.1 Å². The predicted molar refractivity (Wildman–Crippen MR) is 91.1 cm³/mol. The fourth-order valence-corrected chi connectivity index (χ4v) is 3.04. The average Bonchev–Trinajstić information content (AvgIpc) is 2.60. The van der Waals surface area contributed by atoms with Crippen LogP contribution in [0, 0.1) is 5.92 Å². The molecule has 25 heavy (non-hydrogen) atoms. The van der Waals surface area contributed by atoms with Crippen LogP contribution in [-0.2, 0) is 30.8 Å². The van der Waals surface area contributed by atoms with E-state index < -0.39 is 10.0 Å². The van der Waals surface area contributed by atoms with Crippen molar-refractivity contribution in [1.82, 2.24) is 10.6 Å². The topological polar surface area (TPSA) is 128 Å². The molecule has 2 amide bonds. The van der Waals surface area contributed by atoms with Crippen molar-refractivity contribution < 1.29 is 22.7 Å². The minimum atomic E-state index is -3.70. The summed E-state index contributed by atoms with van der Waals surface area (Å²) >= 11 is 0. The highest BCUT2D eigenvalue weighted by molar-refractivity contribution is 7.89. The number of primary sulfonamides is 1. The third-order valence-corrected chi connectivity index (χ3v) is 4.93. The summed E-state index contributed by atoms with van der Waals surface area (Å²) in [7, 11) is -3.70. The third kappa shape index (κ3) is 6.45. The Morgan fingerprint density at radius 3 is 2.36 bits per heavy atom. The van der Waals surface area contributed by atoms with E-state index in [-0.39, 0.29) is 29.2 Å². The molecular formula is C16H23N3O5S. The molecule has 1 aromatic rings. The van der Waals surface area contributed by atoms with Crippen LogP contribution in [-0.4, -0.2) is 46.5 Å². The first kappa shape index (κ1) is 19.4. The number of carbonyl (C=O) groups is 2. The third-order valence-electron chi connectivity index (χ3n) is 4.00. The van der Waals surface area contributed by atoms with Gasteiger partial charge in [0.1, 0.15) is 0 Å². The van der Waals surface area contributed by atoms with E-state index in [1.54, 1.807) is 12.1 Å². The number of amides is 2. The van der Waals surface area contributed by atoms with Crippen molar-refractivity contribution >= 4 is 21.8 Å². The van der Waals surface area contributed by atoms with Crippen molar-refractivity contribution in [2.45, 2.75) is 24.2 Å². The lowest BCUT2D eigenvalue weighted by Gasteiger charge is -2.21. The van der Waals surface area contributed by atoms with Crippen molar-refractivity contribution in [1.29, 1.82) is 0 Å². The van der Waals surface area contributed by atoms with Gasteiger partial charge in [0.05, 0.1) is 11.4 Å². The molecule has 8 nitrogen and oxygen atoms in total. The molecule has 0 saturated carbocycles. The standard InChI is InChI=1S/C16H23N3O5S/c17-25(22,23)14-3-1-12(2-4-14)5-8-18-15(20)11-19-16(21)13-6-9-24-10-7-13/h1-4,13H,5-11H2,(H,18,20)(H,19,21)(H2,17,22,23). The lowest BCUT2D eigenvalue weighted by molar-refractivity contribution is -0.130. The van der Waals surface area contributed by atoms with Gasteiger partial charge in [0.2, 0.25) is 21.8 Å². The smallest absolute Gasteiger partial charge is 0.239 e. The summed E-state index contributed by atoms with van der Waals surface area (Å²) in [4.78, 5) is 23.7. The molecule has 1 aliphatic rings. The highest BCUT2D eigenvalue weighted by atomic mass is 32.2. The number of ether oxygens (including phenoxy) is 1. The number of sulfonamides is 1. The van der Waals surface area contributed by atoms with E-state index in [0.29, 0.717) is 39.0 Å². The minimum Gasteiger partial charge on any atom is -0.381 e. The van der Waals surface area contributed by atoms with Crippen LogP contribution in [0.2, 0.25) is 0 Å². The van der Waals surface area contributed by atoms with Crippen molar-refractivity contribution in [3.05, 3.63) is 29.8 Å². The Morgan fingerprint density at radius 2 is 1.76 bits per heavy atom. The van der Waals surface area contributed by atoms with E-state index in [4.69, 9.17) is 9.88 Å². The number of nitrogens with one attached hydrogen (secondary N) is 2. The summed E-state index contributed by atoms with van der Waals surface area (Å²) in [5.41, 5.74) is 0.874. The summed E-state index contributed by atoms with van der Waals surface area (Å²) in [5, 5.41) is 10.4. The molecule has 138 valence electrons. The highest BCUT2D eigenvalue weighted by Gasteiger charge is 2.21. The van der Waals surface area contributed by atoms with Crippen molar-refractivity contribution in [2.24, 2.45) is 11.1 Å². The zero-order valence-electron chi connectivity index (χ0n) is 13.9. The van der Waals surface area contributed by atoms with Gasteiger partial charge in [-0.2, -0.15) is 0 Å². The van der Waals surface area contributed by atoms with E-state index in [1.807, 2.05) is 0 Å². The van der Waals surface area contributed by atoms with Crippen LogP contribution in [0.15, 0.2) is 29.2 Å². The number of hydrogen-bond acceptors (Lipinski definition) is 5. The predicted octanol–water partition coefficient (Wildman–Crippen LogP) is -0.464. The Kier molecular flexibility index (Phi) is 6.91. The maximum absolute atomic E-state index is 11.9. The second kappa shape index (κ2) is 8.93. The molecule has 0 radical (unpaired) electrons. The molecule has 1 fully saturated rings. The van der Waals surface area contributed by atoms with Crippen LogP contribution in [0.3, 0.4) is 0 Å². The summed E-state index contributed by atoms with van der Waals surface area (Å²) in [6.45, 7) is 1.49. The van der Waals surface area contributed by atoms with Gasteiger partial charge in [-0.15, -0.1) is 0 Å². The van der Waals surface area contributed by atoms with Gasteiger partial charge in [0, 0.05) is 25.7 Å². The van der Waals surface area contributed by atoms with Crippen LogP contribution in [0.25, 0.3) is 0 Å². The Hall–Kier alpha value is -1.97. The summed E-state index contributed by atoms with van der Waals surface area (Å²) in [5.74, 6) is -0.461. The molecule has 9 heteroatoms. The van der Waals surface area contributed by atoms with E-state index in [0.717, 1.165) is 5.56 Å². The number of carbonyl (C=O) groups excluding carboxylic acids is 2. The van der Waals surface area contributed by atoms with Crippen LogP contribution in [0.1, 0.15) is 18.4 Å². The van der Waals surface area contributed by atoms with Crippen LogP contribution in [0.4, 0.5) is 0 Å². The highest BCUT2D eigenvalue weighted by Crippen LogP contribution is 2.14. The Bertz CT molecular complexity index is 697. The van der Waals surface area contributed by atoms with E-state index in [1.165, 1.54) is 12.1 Å². The van der Waals surface area contributed by atoms with Crippen molar-refractivity contribution in [3.63, 3.8) is 0 Å².